The Morgan fingerprint density at radius 3 is 2.29 bits per heavy atom. The molecule has 0 aromatic heterocycles. The van der Waals surface area contributed by atoms with Gasteiger partial charge in [-0.3, -0.25) is 0 Å². The second-order valence-corrected chi connectivity index (χ2v) is 7.63. The van der Waals surface area contributed by atoms with Crippen LogP contribution in [0.1, 0.15) is 54.3 Å². The van der Waals surface area contributed by atoms with Gasteiger partial charge in [-0.15, -0.1) is 0 Å². The molecule has 2 rings (SSSR count). The van der Waals surface area contributed by atoms with Crippen LogP contribution in [-0.4, -0.2) is 0 Å². The van der Waals surface area contributed by atoms with Gasteiger partial charge < -0.3 is 0 Å². The summed E-state index contributed by atoms with van der Waals surface area (Å²) >= 11 is 3.84. The molecule has 0 bridgehead atoms. The summed E-state index contributed by atoms with van der Waals surface area (Å²) in [5.41, 5.74) is 5.75. The molecule has 0 heterocycles. The first-order valence-corrected chi connectivity index (χ1v) is 8.64. The van der Waals surface area contributed by atoms with Crippen molar-refractivity contribution >= 4 is 15.9 Å². The van der Waals surface area contributed by atoms with E-state index in [1.807, 2.05) is 0 Å². The SMILES string of the molecule is CCC(C)(C)c1ccc(C(Br)Cc2cccc(C)c2)cc1. The number of alkyl halides is 1. The van der Waals surface area contributed by atoms with E-state index in [1.165, 1.54) is 22.3 Å². The highest BCUT2D eigenvalue weighted by molar-refractivity contribution is 9.09. The Morgan fingerprint density at radius 2 is 1.71 bits per heavy atom. The summed E-state index contributed by atoms with van der Waals surface area (Å²) in [6.07, 6.45) is 2.19. The number of aryl methyl sites for hydroxylation is 1. The lowest BCUT2D eigenvalue weighted by atomic mass is 9.82. The second-order valence-electron chi connectivity index (χ2n) is 6.52. The first-order valence-electron chi connectivity index (χ1n) is 7.72. The molecule has 0 amide bonds. The molecule has 0 saturated carbocycles. The Balaban J connectivity index is 2.11. The van der Waals surface area contributed by atoms with Crippen LogP contribution in [-0.2, 0) is 11.8 Å². The monoisotopic (exact) mass is 344 g/mol. The molecule has 0 nitrogen and oxygen atoms in total. The van der Waals surface area contributed by atoms with Crippen molar-refractivity contribution in [3.63, 3.8) is 0 Å². The van der Waals surface area contributed by atoms with E-state index in [0.29, 0.717) is 4.83 Å². The highest BCUT2D eigenvalue weighted by atomic mass is 79.9. The van der Waals surface area contributed by atoms with Gasteiger partial charge >= 0.3 is 0 Å². The Hall–Kier alpha value is -1.08. The normalized spacial score (nSPS) is 13.2. The predicted molar refractivity (Wildman–Crippen MR) is 96.3 cm³/mol. The van der Waals surface area contributed by atoms with Gasteiger partial charge in [0.1, 0.15) is 0 Å². The van der Waals surface area contributed by atoms with E-state index < -0.39 is 0 Å². The third-order valence-electron chi connectivity index (χ3n) is 4.44. The Morgan fingerprint density at radius 1 is 1.05 bits per heavy atom. The average molecular weight is 345 g/mol. The largest absolute Gasteiger partial charge is 0.0835 e. The van der Waals surface area contributed by atoms with Crippen LogP contribution in [0.3, 0.4) is 0 Å². The molecule has 1 heteroatoms. The highest BCUT2D eigenvalue weighted by Crippen LogP contribution is 2.31. The molecule has 2 aromatic rings. The van der Waals surface area contributed by atoms with Gasteiger partial charge in [-0.2, -0.15) is 0 Å². The summed E-state index contributed by atoms with van der Waals surface area (Å²) < 4.78 is 0. The van der Waals surface area contributed by atoms with Crippen molar-refractivity contribution in [2.24, 2.45) is 0 Å². The lowest BCUT2D eigenvalue weighted by molar-refractivity contribution is 0.506. The van der Waals surface area contributed by atoms with Gasteiger partial charge in [-0.1, -0.05) is 90.8 Å². The Labute approximate surface area is 137 Å². The first kappa shape index (κ1) is 16.3. The van der Waals surface area contributed by atoms with E-state index >= 15 is 0 Å². The van der Waals surface area contributed by atoms with Gasteiger partial charge in [-0.05, 0) is 41.9 Å². The molecule has 1 atom stereocenters. The van der Waals surface area contributed by atoms with Crippen LogP contribution in [0.2, 0.25) is 0 Å². The maximum atomic E-state index is 3.84. The third-order valence-corrected chi connectivity index (χ3v) is 5.29. The van der Waals surface area contributed by atoms with Gasteiger partial charge in [0.15, 0.2) is 0 Å². The van der Waals surface area contributed by atoms with Crippen LogP contribution in [0.25, 0.3) is 0 Å². The van der Waals surface area contributed by atoms with E-state index in [0.717, 1.165) is 12.8 Å². The molecular formula is C20H25Br. The lowest BCUT2D eigenvalue weighted by Gasteiger charge is -2.24. The molecule has 0 spiro atoms. The topological polar surface area (TPSA) is 0 Å². The van der Waals surface area contributed by atoms with Crippen LogP contribution in [0, 0.1) is 6.92 Å². The molecular weight excluding hydrogens is 320 g/mol. The summed E-state index contributed by atoms with van der Waals surface area (Å²) in [5, 5.41) is 0. The Kier molecular flexibility index (Phi) is 5.27. The van der Waals surface area contributed by atoms with E-state index in [1.54, 1.807) is 0 Å². The fraction of sp³-hybridized carbons (Fsp3) is 0.400. The summed E-state index contributed by atoms with van der Waals surface area (Å²) in [7, 11) is 0. The quantitative estimate of drug-likeness (QED) is 0.553. The maximum absolute atomic E-state index is 3.84. The van der Waals surface area contributed by atoms with Crippen molar-refractivity contribution < 1.29 is 0 Å². The predicted octanol–water partition coefficient (Wildman–Crippen LogP) is 6.36. The van der Waals surface area contributed by atoms with Gasteiger partial charge in [0.05, 0.1) is 0 Å². The summed E-state index contributed by atoms with van der Waals surface area (Å²) in [4.78, 5) is 0.373. The molecule has 0 N–H and O–H groups in total. The zero-order chi connectivity index (χ0) is 15.5. The molecule has 0 aliphatic rings. The van der Waals surface area contributed by atoms with Gasteiger partial charge in [0.2, 0.25) is 0 Å². The van der Waals surface area contributed by atoms with Crippen molar-refractivity contribution in [3.8, 4) is 0 Å². The van der Waals surface area contributed by atoms with Crippen molar-refractivity contribution in [2.75, 3.05) is 0 Å². The zero-order valence-electron chi connectivity index (χ0n) is 13.5. The van der Waals surface area contributed by atoms with Crippen LogP contribution in [0.4, 0.5) is 0 Å². The molecule has 0 saturated heterocycles. The fourth-order valence-corrected chi connectivity index (χ4v) is 3.19. The lowest BCUT2D eigenvalue weighted by Crippen LogP contribution is -2.15. The van der Waals surface area contributed by atoms with Crippen LogP contribution >= 0.6 is 15.9 Å². The van der Waals surface area contributed by atoms with Crippen LogP contribution in [0.15, 0.2) is 48.5 Å². The van der Waals surface area contributed by atoms with Crippen LogP contribution < -0.4 is 0 Å². The van der Waals surface area contributed by atoms with Crippen molar-refractivity contribution in [3.05, 3.63) is 70.8 Å². The third kappa shape index (κ3) is 4.20. The molecule has 0 fully saturated rings. The number of halogens is 1. The van der Waals surface area contributed by atoms with Crippen molar-refractivity contribution in [1.29, 1.82) is 0 Å². The number of benzene rings is 2. The Bertz CT molecular complexity index is 581. The molecule has 112 valence electrons. The van der Waals surface area contributed by atoms with Crippen molar-refractivity contribution in [1.82, 2.24) is 0 Å². The number of rotatable bonds is 5. The second kappa shape index (κ2) is 6.79. The molecule has 2 aromatic carbocycles. The highest BCUT2D eigenvalue weighted by Gasteiger charge is 2.18. The minimum absolute atomic E-state index is 0.261. The molecule has 0 radical (unpaired) electrons. The van der Waals surface area contributed by atoms with Gasteiger partial charge in [0, 0.05) is 4.83 Å². The van der Waals surface area contributed by atoms with Gasteiger partial charge in [0.25, 0.3) is 0 Å². The maximum Gasteiger partial charge on any atom is 0.0435 e. The fourth-order valence-electron chi connectivity index (χ4n) is 2.51. The first-order chi connectivity index (χ1) is 9.92. The van der Waals surface area contributed by atoms with Gasteiger partial charge in [-0.25, -0.2) is 0 Å². The molecule has 1 unspecified atom stereocenters. The molecule has 21 heavy (non-hydrogen) atoms. The number of hydrogen-bond acceptors (Lipinski definition) is 0. The van der Waals surface area contributed by atoms with E-state index in [2.05, 4.69) is 92.2 Å². The number of hydrogen-bond donors (Lipinski definition) is 0. The summed E-state index contributed by atoms with van der Waals surface area (Å²) in [5.74, 6) is 0. The van der Waals surface area contributed by atoms with E-state index in [9.17, 15) is 0 Å². The average Bonchev–Trinajstić information content (AvgIpc) is 2.47. The molecule has 0 aliphatic carbocycles. The van der Waals surface area contributed by atoms with E-state index in [4.69, 9.17) is 0 Å². The minimum atomic E-state index is 0.261. The summed E-state index contributed by atoms with van der Waals surface area (Å²) in [6, 6.07) is 17.8. The smallest absolute Gasteiger partial charge is 0.0435 e. The van der Waals surface area contributed by atoms with Crippen molar-refractivity contribution in [2.45, 2.75) is 50.8 Å². The summed E-state index contributed by atoms with van der Waals surface area (Å²) in [6.45, 7) is 9.01. The standard InChI is InChI=1S/C20H25Br/c1-5-20(3,4)18-11-9-17(10-12-18)19(21)14-16-8-6-7-15(2)13-16/h6-13,19H,5,14H2,1-4H3. The molecule has 0 aliphatic heterocycles. The van der Waals surface area contributed by atoms with Crippen LogP contribution in [0.5, 0.6) is 0 Å². The minimum Gasteiger partial charge on any atom is -0.0835 e. The zero-order valence-corrected chi connectivity index (χ0v) is 15.1. The van der Waals surface area contributed by atoms with E-state index in [-0.39, 0.29) is 5.41 Å².